The zero-order valence-corrected chi connectivity index (χ0v) is 20.6. The topological polar surface area (TPSA) is 29.5 Å². The maximum atomic E-state index is 12.8. The van der Waals surface area contributed by atoms with Crippen molar-refractivity contribution in [1.82, 2.24) is 0 Å². The minimum absolute atomic E-state index is 0.0315. The van der Waals surface area contributed by atoms with E-state index in [9.17, 15) is 18.3 Å². The molecule has 2 nitrogen and oxygen atoms in total. The number of ether oxygens (including phenoxy) is 1. The Morgan fingerprint density at radius 3 is 2.44 bits per heavy atom. The molecule has 0 amide bonds. The second-order valence-electron chi connectivity index (χ2n) is 12.4. The number of hydrogen-bond acceptors (Lipinski definition) is 2. The van der Waals surface area contributed by atoms with E-state index < -0.39 is 12.3 Å². The fourth-order valence-corrected chi connectivity index (χ4v) is 8.73. The van der Waals surface area contributed by atoms with E-state index >= 15 is 0 Å². The maximum absolute atomic E-state index is 12.8. The molecule has 0 unspecified atom stereocenters. The van der Waals surface area contributed by atoms with Crippen LogP contribution in [0.25, 0.3) is 0 Å². The third-order valence-corrected chi connectivity index (χ3v) is 10.9. The van der Waals surface area contributed by atoms with Crippen LogP contribution in [0.2, 0.25) is 0 Å². The summed E-state index contributed by atoms with van der Waals surface area (Å²) in [5, 5.41) is 9.48. The number of rotatable bonds is 5. The first-order valence-corrected chi connectivity index (χ1v) is 12.8. The van der Waals surface area contributed by atoms with Crippen LogP contribution in [0.1, 0.15) is 91.9 Å². The number of methoxy groups -OCH3 is 1. The molecule has 3 fully saturated rings. The van der Waals surface area contributed by atoms with E-state index in [1.807, 2.05) is 7.11 Å². The van der Waals surface area contributed by atoms with Gasteiger partial charge in [0.15, 0.2) is 0 Å². The third kappa shape index (κ3) is 3.97. The molecule has 4 rings (SSSR count). The van der Waals surface area contributed by atoms with Gasteiger partial charge in [-0.05, 0) is 112 Å². The number of alkyl halides is 3. The molecule has 0 aliphatic heterocycles. The number of aliphatic hydroxyl groups is 1. The van der Waals surface area contributed by atoms with E-state index in [0.29, 0.717) is 24.2 Å². The molecule has 1 N–H and O–H groups in total. The van der Waals surface area contributed by atoms with Gasteiger partial charge >= 0.3 is 6.18 Å². The van der Waals surface area contributed by atoms with Gasteiger partial charge < -0.3 is 9.84 Å². The first-order chi connectivity index (χ1) is 14.8. The van der Waals surface area contributed by atoms with Crippen molar-refractivity contribution in [3.63, 3.8) is 0 Å². The molecule has 5 heteroatoms. The highest BCUT2D eigenvalue weighted by atomic mass is 19.4. The molecule has 4 aliphatic rings. The van der Waals surface area contributed by atoms with E-state index in [0.717, 1.165) is 31.6 Å². The molecular formula is C27H43F3O2. The van der Waals surface area contributed by atoms with Gasteiger partial charge in [-0.15, -0.1) is 0 Å². The van der Waals surface area contributed by atoms with Crippen LogP contribution in [0, 0.1) is 40.4 Å². The molecule has 0 aromatic heterocycles. The maximum Gasteiger partial charge on any atom is 0.414 e. The largest absolute Gasteiger partial charge is 0.414 e. The van der Waals surface area contributed by atoms with Gasteiger partial charge in [-0.25, -0.2) is 0 Å². The fourth-order valence-electron chi connectivity index (χ4n) is 8.73. The molecule has 0 aromatic carbocycles. The second-order valence-corrected chi connectivity index (χ2v) is 12.4. The lowest BCUT2D eigenvalue weighted by Crippen LogP contribution is -2.52. The minimum atomic E-state index is -4.50. The normalized spacial score (nSPS) is 46.0. The Labute approximate surface area is 192 Å². The fraction of sp³-hybridized carbons (Fsp3) is 0.926. The molecule has 4 aliphatic carbocycles. The van der Waals surface area contributed by atoms with Crippen molar-refractivity contribution in [1.29, 1.82) is 0 Å². The molecule has 3 saturated carbocycles. The Morgan fingerprint density at radius 2 is 1.78 bits per heavy atom. The molecule has 0 radical (unpaired) electrons. The minimum Gasteiger partial charge on any atom is -0.384 e. The van der Waals surface area contributed by atoms with Crippen molar-refractivity contribution in [3.05, 3.63) is 11.6 Å². The van der Waals surface area contributed by atoms with Crippen LogP contribution < -0.4 is 0 Å². The van der Waals surface area contributed by atoms with Crippen molar-refractivity contribution >= 4 is 0 Å². The average Bonchev–Trinajstić information content (AvgIpc) is 3.09. The van der Waals surface area contributed by atoms with Crippen LogP contribution in [-0.4, -0.2) is 30.1 Å². The Hall–Kier alpha value is -0.550. The van der Waals surface area contributed by atoms with Gasteiger partial charge in [-0.3, -0.25) is 0 Å². The Bertz CT molecular complexity index is 733. The van der Waals surface area contributed by atoms with Gasteiger partial charge in [-0.2, -0.15) is 13.2 Å². The van der Waals surface area contributed by atoms with Crippen molar-refractivity contribution < 1.29 is 23.0 Å². The summed E-state index contributed by atoms with van der Waals surface area (Å²) >= 11 is 0. The number of hydrogen-bond donors (Lipinski definition) is 1. The number of allylic oxidation sites excluding steroid dienone is 1. The Morgan fingerprint density at radius 1 is 1.06 bits per heavy atom. The lowest BCUT2D eigenvalue weighted by Gasteiger charge is -2.59. The van der Waals surface area contributed by atoms with Crippen molar-refractivity contribution in [2.45, 2.75) is 110 Å². The summed E-state index contributed by atoms with van der Waals surface area (Å²) in [6, 6.07) is 0. The molecule has 0 aromatic rings. The Kier molecular flexibility index (Phi) is 6.36. The van der Waals surface area contributed by atoms with Crippen LogP contribution in [0.15, 0.2) is 11.6 Å². The zero-order chi connectivity index (χ0) is 23.5. The van der Waals surface area contributed by atoms with E-state index in [1.54, 1.807) is 5.57 Å². The summed E-state index contributed by atoms with van der Waals surface area (Å²) in [5.74, 6) is 2.79. The van der Waals surface area contributed by atoms with Crippen LogP contribution in [0.5, 0.6) is 0 Å². The number of fused-ring (bicyclic) bond motifs is 5. The van der Waals surface area contributed by atoms with Gasteiger partial charge in [0.2, 0.25) is 0 Å². The summed E-state index contributed by atoms with van der Waals surface area (Å²) < 4.78 is 44.2. The summed E-state index contributed by atoms with van der Waals surface area (Å²) in [5.41, 5.74) is 2.09. The van der Waals surface area contributed by atoms with Gasteiger partial charge in [0, 0.05) is 7.11 Å². The Balaban J connectivity index is 1.48. The van der Waals surface area contributed by atoms with Gasteiger partial charge in [0.05, 0.1) is 5.60 Å². The predicted molar refractivity (Wildman–Crippen MR) is 121 cm³/mol. The summed E-state index contributed by atoms with van der Waals surface area (Å²) in [6.45, 7) is 9.31. The molecular weight excluding hydrogens is 413 g/mol. The lowest BCUT2D eigenvalue weighted by atomic mass is 9.46. The van der Waals surface area contributed by atoms with Gasteiger partial charge in [0.25, 0.3) is 0 Å². The van der Waals surface area contributed by atoms with Crippen LogP contribution in [-0.2, 0) is 4.74 Å². The molecule has 0 saturated heterocycles. The SMILES string of the molecule is CO[C@@]1(C)CC[C@@]2(C)C(=CC[C@H]3[C@@H]4CC[C@H]([C@H](C)CC[C@@H](O)C(F)(F)F)[C@@]4(C)CC[C@@H]32)C1. The molecule has 9 atom stereocenters. The van der Waals surface area contributed by atoms with Crippen molar-refractivity contribution in [2.75, 3.05) is 7.11 Å². The summed E-state index contributed by atoms with van der Waals surface area (Å²) in [4.78, 5) is 0. The van der Waals surface area contributed by atoms with Crippen molar-refractivity contribution in [2.24, 2.45) is 40.4 Å². The molecule has 0 bridgehead atoms. The number of aliphatic hydroxyl groups excluding tert-OH is 1. The quantitative estimate of drug-likeness (QED) is 0.440. The van der Waals surface area contributed by atoms with Crippen LogP contribution in [0.3, 0.4) is 0 Å². The first-order valence-electron chi connectivity index (χ1n) is 12.8. The van der Waals surface area contributed by atoms with Crippen LogP contribution >= 0.6 is 0 Å². The highest BCUT2D eigenvalue weighted by Crippen LogP contribution is 2.67. The standard InChI is InChI=1S/C27H43F3O2/c1-17(6-11-23(31)27(28,29)30)20-9-10-21-19-8-7-18-16-24(2,32-5)14-15-25(18,3)22(19)12-13-26(20,21)4/h7,17,19-23,31H,6,8-16H2,1-5H3/t17-,19+,20-,21+,22+,23-,24+,25+,26-/m1/s1. The predicted octanol–water partition coefficient (Wildman–Crippen LogP) is 7.31. The van der Waals surface area contributed by atoms with Gasteiger partial charge in [-0.1, -0.05) is 32.4 Å². The van der Waals surface area contributed by atoms with Crippen molar-refractivity contribution in [3.8, 4) is 0 Å². The monoisotopic (exact) mass is 456 g/mol. The number of halogens is 3. The zero-order valence-electron chi connectivity index (χ0n) is 20.6. The van der Waals surface area contributed by atoms with Crippen LogP contribution in [0.4, 0.5) is 13.2 Å². The average molecular weight is 457 g/mol. The van der Waals surface area contributed by atoms with E-state index in [1.165, 1.54) is 25.7 Å². The van der Waals surface area contributed by atoms with E-state index in [4.69, 9.17) is 4.74 Å². The van der Waals surface area contributed by atoms with Gasteiger partial charge in [0.1, 0.15) is 6.10 Å². The molecule has 0 heterocycles. The molecule has 32 heavy (non-hydrogen) atoms. The van der Waals surface area contributed by atoms with E-state index in [-0.39, 0.29) is 28.8 Å². The molecule has 0 spiro atoms. The highest BCUT2D eigenvalue weighted by molar-refractivity contribution is 5.27. The smallest absolute Gasteiger partial charge is 0.384 e. The summed E-state index contributed by atoms with van der Waals surface area (Å²) in [7, 11) is 1.84. The second kappa shape index (κ2) is 8.29. The summed E-state index contributed by atoms with van der Waals surface area (Å²) in [6.07, 6.45) is 5.44. The molecule has 184 valence electrons. The third-order valence-electron chi connectivity index (χ3n) is 10.9. The highest BCUT2D eigenvalue weighted by Gasteiger charge is 2.59. The van der Waals surface area contributed by atoms with E-state index in [2.05, 4.69) is 33.8 Å². The lowest BCUT2D eigenvalue weighted by molar-refractivity contribution is -0.206. The first kappa shape index (κ1) is 24.6.